The Balaban J connectivity index is 0.00000192. The summed E-state index contributed by atoms with van der Waals surface area (Å²) in [6, 6.07) is 2.93. The van der Waals surface area contributed by atoms with Crippen molar-refractivity contribution in [3.8, 4) is 0 Å². The number of nitrogens with one attached hydrogen (secondary N) is 1. The van der Waals surface area contributed by atoms with Crippen molar-refractivity contribution in [3.05, 3.63) is 18.3 Å². The first-order chi connectivity index (χ1) is 10.6. The van der Waals surface area contributed by atoms with Crippen LogP contribution >= 0.6 is 12.4 Å². The molecule has 0 bridgehead atoms. The molecule has 2 saturated heterocycles. The third kappa shape index (κ3) is 4.26. The first kappa shape index (κ1) is 17.8. The Morgan fingerprint density at radius 2 is 2.13 bits per heavy atom. The van der Waals surface area contributed by atoms with E-state index in [1.165, 1.54) is 0 Å². The average Bonchev–Trinajstić information content (AvgIpc) is 2.74. The maximum Gasteiger partial charge on any atom is 0.262 e. The lowest BCUT2D eigenvalue weighted by atomic mass is 10.1. The number of halogens is 3. The van der Waals surface area contributed by atoms with E-state index < -0.39 is 24.9 Å². The SMILES string of the molecule is Cl.O=C(C1CC(F)(F)CN1)N1CCCN(c2cccnn2)CC1. The van der Waals surface area contributed by atoms with Crippen molar-refractivity contribution in [1.29, 1.82) is 0 Å². The Hall–Kier alpha value is -1.54. The molecular weight excluding hydrogens is 328 g/mol. The van der Waals surface area contributed by atoms with Crippen LogP contribution in [0.2, 0.25) is 0 Å². The molecule has 1 atom stereocenters. The maximum absolute atomic E-state index is 13.2. The number of hydrogen-bond donors (Lipinski definition) is 1. The van der Waals surface area contributed by atoms with E-state index in [0.29, 0.717) is 19.6 Å². The fraction of sp³-hybridized carbons (Fsp3) is 0.643. The van der Waals surface area contributed by atoms with E-state index in [4.69, 9.17) is 0 Å². The highest BCUT2D eigenvalue weighted by Crippen LogP contribution is 2.26. The van der Waals surface area contributed by atoms with Gasteiger partial charge in [-0.3, -0.25) is 10.1 Å². The third-order valence-electron chi connectivity index (χ3n) is 4.10. The zero-order valence-electron chi connectivity index (χ0n) is 12.6. The topological polar surface area (TPSA) is 61.4 Å². The van der Waals surface area contributed by atoms with Crippen LogP contribution in [0.4, 0.5) is 14.6 Å². The summed E-state index contributed by atoms with van der Waals surface area (Å²) in [5.74, 6) is -2.22. The van der Waals surface area contributed by atoms with E-state index >= 15 is 0 Å². The zero-order chi connectivity index (χ0) is 15.6. The van der Waals surface area contributed by atoms with Gasteiger partial charge >= 0.3 is 0 Å². The van der Waals surface area contributed by atoms with E-state index in [0.717, 1.165) is 18.8 Å². The molecule has 0 spiro atoms. The Bertz CT molecular complexity index is 533. The Morgan fingerprint density at radius 3 is 2.78 bits per heavy atom. The highest BCUT2D eigenvalue weighted by molar-refractivity contribution is 5.85. The molecular formula is C14H20ClF2N5O. The molecule has 9 heteroatoms. The predicted octanol–water partition coefficient (Wildman–Crippen LogP) is 0.934. The molecule has 2 aliphatic heterocycles. The number of carbonyl (C=O) groups excluding carboxylic acids is 1. The maximum atomic E-state index is 13.2. The Labute approximate surface area is 139 Å². The minimum Gasteiger partial charge on any atom is -0.353 e. The average molecular weight is 348 g/mol. The molecule has 2 aliphatic rings. The second-order valence-electron chi connectivity index (χ2n) is 5.74. The van der Waals surface area contributed by atoms with Gasteiger partial charge in [-0.15, -0.1) is 17.5 Å². The van der Waals surface area contributed by atoms with Crippen LogP contribution in [0.25, 0.3) is 0 Å². The molecule has 1 aromatic heterocycles. The van der Waals surface area contributed by atoms with Gasteiger partial charge in [-0.05, 0) is 18.6 Å². The van der Waals surface area contributed by atoms with E-state index in [-0.39, 0.29) is 18.3 Å². The number of amides is 1. The van der Waals surface area contributed by atoms with Crippen LogP contribution in [0.15, 0.2) is 18.3 Å². The van der Waals surface area contributed by atoms with Crippen LogP contribution in [-0.4, -0.2) is 65.7 Å². The summed E-state index contributed by atoms with van der Waals surface area (Å²) in [7, 11) is 0. The minimum atomic E-state index is -2.78. The first-order valence-corrected chi connectivity index (χ1v) is 7.48. The van der Waals surface area contributed by atoms with Crippen LogP contribution in [0, 0.1) is 0 Å². The molecule has 1 amide bonds. The number of aromatic nitrogens is 2. The van der Waals surface area contributed by atoms with Crippen LogP contribution in [-0.2, 0) is 4.79 Å². The van der Waals surface area contributed by atoms with Gasteiger partial charge in [-0.2, -0.15) is 5.10 Å². The number of anilines is 1. The predicted molar refractivity (Wildman–Crippen MR) is 84.0 cm³/mol. The van der Waals surface area contributed by atoms with Crippen molar-refractivity contribution in [3.63, 3.8) is 0 Å². The second kappa shape index (κ2) is 7.35. The molecule has 6 nitrogen and oxygen atoms in total. The summed E-state index contributed by atoms with van der Waals surface area (Å²) in [6.45, 7) is 2.09. The van der Waals surface area contributed by atoms with E-state index in [2.05, 4.69) is 20.4 Å². The lowest BCUT2D eigenvalue weighted by molar-refractivity contribution is -0.133. The van der Waals surface area contributed by atoms with Gasteiger partial charge in [-0.1, -0.05) is 0 Å². The van der Waals surface area contributed by atoms with Crippen molar-refractivity contribution >= 4 is 24.1 Å². The van der Waals surface area contributed by atoms with Crippen molar-refractivity contribution in [2.75, 3.05) is 37.6 Å². The lowest BCUT2D eigenvalue weighted by Gasteiger charge is -2.24. The number of alkyl halides is 2. The van der Waals surface area contributed by atoms with Gasteiger partial charge in [0, 0.05) is 38.8 Å². The summed E-state index contributed by atoms with van der Waals surface area (Å²) in [5.41, 5.74) is 0. The highest BCUT2D eigenvalue weighted by atomic mass is 35.5. The molecule has 3 rings (SSSR count). The fourth-order valence-electron chi connectivity index (χ4n) is 2.94. The molecule has 0 aliphatic carbocycles. The Kier molecular flexibility index (Phi) is 5.69. The van der Waals surface area contributed by atoms with Crippen LogP contribution < -0.4 is 10.2 Å². The highest BCUT2D eigenvalue weighted by Gasteiger charge is 2.43. The summed E-state index contributed by atoms with van der Waals surface area (Å²) < 4.78 is 26.5. The van der Waals surface area contributed by atoms with E-state index in [1.54, 1.807) is 11.1 Å². The van der Waals surface area contributed by atoms with Gasteiger partial charge in [0.25, 0.3) is 5.92 Å². The molecule has 128 valence electrons. The fourth-order valence-corrected chi connectivity index (χ4v) is 2.94. The standard InChI is InChI=1S/C14H19F2N5O.ClH/c15-14(16)9-11(17-10-14)13(22)21-6-2-5-20(7-8-21)12-3-1-4-18-19-12;/h1,3-4,11,17H,2,5-10H2;1H. The smallest absolute Gasteiger partial charge is 0.262 e. The summed E-state index contributed by atoms with van der Waals surface area (Å²) in [6.07, 6.45) is 1.99. The van der Waals surface area contributed by atoms with Gasteiger partial charge in [0.1, 0.15) is 0 Å². The van der Waals surface area contributed by atoms with E-state index in [9.17, 15) is 13.6 Å². The number of rotatable bonds is 2. The van der Waals surface area contributed by atoms with Crippen LogP contribution in [0.5, 0.6) is 0 Å². The summed E-state index contributed by atoms with van der Waals surface area (Å²) in [5, 5.41) is 10.6. The van der Waals surface area contributed by atoms with Gasteiger partial charge in [-0.25, -0.2) is 8.78 Å². The van der Waals surface area contributed by atoms with Crippen molar-refractivity contribution in [1.82, 2.24) is 20.4 Å². The molecule has 0 aromatic carbocycles. The molecule has 1 unspecified atom stereocenters. The summed E-state index contributed by atoms with van der Waals surface area (Å²) in [4.78, 5) is 16.1. The van der Waals surface area contributed by atoms with Gasteiger partial charge < -0.3 is 9.80 Å². The first-order valence-electron chi connectivity index (χ1n) is 7.48. The molecule has 1 aromatic rings. The van der Waals surface area contributed by atoms with Crippen molar-refractivity contribution in [2.24, 2.45) is 0 Å². The van der Waals surface area contributed by atoms with Crippen molar-refractivity contribution < 1.29 is 13.6 Å². The molecule has 0 radical (unpaired) electrons. The molecule has 3 heterocycles. The van der Waals surface area contributed by atoms with Crippen LogP contribution in [0.3, 0.4) is 0 Å². The monoisotopic (exact) mass is 347 g/mol. The van der Waals surface area contributed by atoms with Crippen molar-refractivity contribution in [2.45, 2.75) is 24.8 Å². The van der Waals surface area contributed by atoms with Crippen LogP contribution in [0.1, 0.15) is 12.8 Å². The molecule has 1 N–H and O–H groups in total. The number of hydrogen-bond acceptors (Lipinski definition) is 5. The normalized spacial score (nSPS) is 24.0. The van der Waals surface area contributed by atoms with Gasteiger partial charge in [0.2, 0.25) is 5.91 Å². The number of nitrogens with zero attached hydrogens (tertiary/aromatic N) is 4. The third-order valence-corrected chi connectivity index (χ3v) is 4.10. The van der Waals surface area contributed by atoms with Gasteiger partial charge in [0.15, 0.2) is 5.82 Å². The molecule has 23 heavy (non-hydrogen) atoms. The molecule has 2 fully saturated rings. The Morgan fingerprint density at radius 1 is 1.30 bits per heavy atom. The van der Waals surface area contributed by atoms with Gasteiger partial charge in [0.05, 0.1) is 12.6 Å². The second-order valence-corrected chi connectivity index (χ2v) is 5.74. The lowest BCUT2D eigenvalue weighted by Crippen LogP contribution is -2.45. The zero-order valence-corrected chi connectivity index (χ0v) is 13.4. The largest absolute Gasteiger partial charge is 0.353 e. The summed E-state index contributed by atoms with van der Waals surface area (Å²) >= 11 is 0. The number of carbonyl (C=O) groups is 1. The molecule has 0 saturated carbocycles. The van der Waals surface area contributed by atoms with E-state index in [1.807, 2.05) is 12.1 Å². The minimum absolute atomic E-state index is 0. The quantitative estimate of drug-likeness (QED) is 0.862.